The lowest BCUT2D eigenvalue weighted by atomic mass is 9.81. The number of carboxylic acid groups (broad SMARTS) is 2. The average molecular weight is 470 g/mol. The monoisotopic (exact) mass is 469 g/mol. The molecule has 1 amide bonds. The molecule has 0 spiro atoms. The summed E-state index contributed by atoms with van der Waals surface area (Å²) in [5.74, 6) is -3.56. The van der Waals surface area contributed by atoms with Crippen LogP contribution in [0.3, 0.4) is 0 Å². The maximum absolute atomic E-state index is 13.0. The zero-order valence-corrected chi connectivity index (χ0v) is 18.7. The van der Waals surface area contributed by atoms with E-state index < -0.39 is 17.9 Å². The van der Waals surface area contributed by atoms with Gasteiger partial charge in [-0.1, -0.05) is 23.7 Å². The SMILES string of the molecule is C[C@@H](C(=O)O)c1cc(CN)ccc1NC(=O)C[C@@H]1CCc2cc(Cl)cc3[nH]c(C(=O)O)c1c23. The molecular weight excluding hydrogens is 446 g/mol. The number of carbonyl (C=O) groups is 3. The van der Waals surface area contributed by atoms with Crippen LogP contribution in [0.1, 0.15) is 64.3 Å². The van der Waals surface area contributed by atoms with Crippen molar-refractivity contribution in [1.82, 2.24) is 4.98 Å². The summed E-state index contributed by atoms with van der Waals surface area (Å²) in [4.78, 5) is 39.4. The molecule has 0 bridgehead atoms. The number of anilines is 1. The molecule has 0 radical (unpaired) electrons. The van der Waals surface area contributed by atoms with Crippen LogP contribution in [0, 0.1) is 0 Å². The number of rotatable bonds is 7. The van der Waals surface area contributed by atoms with Crippen LogP contribution in [-0.2, 0) is 22.6 Å². The summed E-state index contributed by atoms with van der Waals surface area (Å²) in [6, 6.07) is 8.61. The van der Waals surface area contributed by atoms with E-state index in [1.165, 1.54) is 0 Å². The van der Waals surface area contributed by atoms with Gasteiger partial charge in [0.15, 0.2) is 0 Å². The number of aryl methyl sites for hydroxylation is 1. The number of benzene rings is 2. The Morgan fingerprint density at radius 2 is 2.00 bits per heavy atom. The van der Waals surface area contributed by atoms with Crippen LogP contribution < -0.4 is 11.1 Å². The van der Waals surface area contributed by atoms with Crippen molar-refractivity contribution in [2.75, 3.05) is 5.32 Å². The predicted molar refractivity (Wildman–Crippen MR) is 125 cm³/mol. The maximum atomic E-state index is 13.0. The van der Waals surface area contributed by atoms with E-state index in [-0.39, 0.29) is 30.5 Å². The summed E-state index contributed by atoms with van der Waals surface area (Å²) < 4.78 is 0. The van der Waals surface area contributed by atoms with Gasteiger partial charge in [0.1, 0.15) is 5.69 Å². The molecule has 3 aromatic rings. The smallest absolute Gasteiger partial charge is 0.352 e. The molecule has 2 atom stereocenters. The molecule has 6 N–H and O–H groups in total. The molecule has 4 rings (SSSR count). The molecule has 1 heterocycles. The van der Waals surface area contributed by atoms with Crippen molar-refractivity contribution in [3.05, 3.63) is 63.3 Å². The third-order valence-corrected chi connectivity index (χ3v) is 6.48. The van der Waals surface area contributed by atoms with E-state index in [9.17, 15) is 24.6 Å². The first-order valence-corrected chi connectivity index (χ1v) is 11.0. The number of halogens is 1. The van der Waals surface area contributed by atoms with Gasteiger partial charge in [-0.25, -0.2) is 4.79 Å². The van der Waals surface area contributed by atoms with E-state index in [0.29, 0.717) is 40.2 Å². The zero-order valence-electron chi connectivity index (χ0n) is 17.9. The van der Waals surface area contributed by atoms with Gasteiger partial charge in [-0.05, 0) is 66.1 Å². The lowest BCUT2D eigenvalue weighted by Gasteiger charge is -2.24. The number of amides is 1. The summed E-state index contributed by atoms with van der Waals surface area (Å²) in [6.07, 6.45) is 1.33. The summed E-state index contributed by atoms with van der Waals surface area (Å²) in [7, 11) is 0. The van der Waals surface area contributed by atoms with Crippen LogP contribution in [0.2, 0.25) is 5.02 Å². The standard InChI is InChI=1S/C24H24ClN3O5/c1-11(23(30)31)16-6-12(10-26)2-5-17(16)27-19(29)8-14-4-3-13-7-15(25)9-18-20(13)21(14)22(28-18)24(32)33/h2,5-7,9,11,14,28H,3-4,8,10,26H2,1H3,(H,27,29)(H,30,31)(H,32,33)/t11-,14+/m1/s1. The van der Waals surface area contributed by atoms with Gasteiger partial charge in [-0.2, -0.15) is 0 Å². The number of carbonyl (C=O) groups excluding carboxylic acids is 1. The fourth-order valence-electron chi connectivity index (χ4n) is 4.63. The van der Waals surface area contributed by atoms with E-state index in [4.69, 9.17) is 17.3 Å². The van der Waals surface area contributed by atoms with Crippen LogP contribution in [0.15, 0.2) is 30.3 Å². The van der Waals surface area contributed by atoms with E-state index >= 15 is 0 Å². The Hall–Kier alpha value is -3.36. The topological polar surface area (TPSA) is 146 Å². The third-order valence-electron chi connectivity index (χ3n) is 6.26. The Labute approximate surface area is 194 Å². The summed E-state index contributed by atoms with van der Waals surface area (Å²) in [5, 5.41) is 23.4. The summed E-state index contributed by atoms with van der Waals surface area (Å²) in [6.45, 7) is 1.80. The molecule has 0 saturated carbocycles. The lowest BCUT2D eigenvalue weighted by Crippen LogP contribution is -2.21. The van der Waals surface area contributed by atoms with Gasteiger partial charge in [0.25, 0.3) is 0 Å². The molecule has 0 saturated heterocycles. The lowest BCUT2D eigenvalue weighted by molar-refractivity contribution is -0.138. The van der Waals surface area contributed by atoms with Crippen molar-refractivity contribution in [3.63, 3.8) is 0 Å². The first-order valence-electron chi connectivity index (χ1n) is 10.6. The van der Waals surface area contributed by atoms with Gasteiger partial charge < -0.3 is 26.2 Å². The molecule has 33 heavy (non-hydrogen) atoms. The van der Waals surface area contributed by atoms with E-state index in [2.05, 4.69) is 10.3 Å². The molecule has 1 aromatic heterocycles. The Balaban J connectivity index is 1.64. The molecule has 2 aromatic carbocycles. The number of aromatic amines is 1. The molecule has 1 aliphatic rings. The van der Waals surface area contributed by atoms with E-state index in [1.807, 2.05) is 6.07 Å². The van der Waals surface area contributed by atoms with Crippen molar-refractivity contribution >= 4 is 46.0 Å². The van der Waals surface area contributed by atoms with Gasteiger partial charge in [0.05, 0.1) is 5.92 Å². The van der Waals surface area contributed by atoms with E-state index in [1.54, 1.807) is 31.2 Å². The predicted octanol–water partition coefficient (Wildman–Crippen LogP) is 4.22. The fraction of sp³-hybridized carbons (Fsp3) is 0.292. The molecule has 1 aliphatic carbocycles. The maximum Gasteiger partial charge on any atom is 0.352 e. The van der Waals surface area contributed by atoms with Crippen LogP contribution in [0.5, 0.6) is 0 Å². The minimum atomic E-state index is -1.09. The highest BCUT2D eigenvalue weighted by Crippen LogP contribution is 2.42. The van der Waals surface area contributed by atoms with Crippen molar-refractivity contribution in [1.29, 1.82) is 0 Å². The Morgan fingerprint density at radius 3 is 2.67 bits per heavy atom. The number of nitrogens with two attached hydrogens (primary N) is 1. The summed E-state index contributed by atoms with van der Waals surface area (Å²) >= 11 is 6.18. The fourth-order valence-corrected chi connectivity index (χ4v) is 4.87. The van der Waals surface area contributed by atoms with Crippen molar-refractivity contribution in [2.24, 2.45) is 5.73 Å². The minimum absolute atomic E-state index is 0.0643. The number of H-pyrrole nitrogens is 1. The number of carboxylic acids is 2. The minimum Gasteiger partial charge on any atom is -0.481 e. The second-order valence-corrected chi connectivity index (χ2v) is 8.82. The largest absolute Gasteiger partial charge is 0.481 e. The van der Waals surface area contributed by atoms with Crippen LogP contribution >= 0.6 is 11.6 Å². The number of aromatic carboxylic acids is 1. The van der Waals surface area contributed by atoms with Crippen molar-refractivity contribution < 1.29 is 24.6 Å². The van der Waals surface area contributed by atoms with Crippen molar-refractivity contribution in [2.45, 2.75) is 44.6 Å². The molecule has 9 heteroatoms. The summed E-state index contributed by atoms with van der Waals surface area (Å²) in [5.41, 5.74) is 9.62. The Morgan fingerprint density at radius 1 is 1.24 bits per heavy atom. The highest BCUT2D eigenvalue weighted by atomic mass is 35.5. The molecular formula is C24H24ClN3O5. The first kappa shape index (κ1) is 22.8. The second-order valence-electron chi connectivity index (χ2n) is 8.38. The average Bonchev–Trinajstić information content (AvgIpc) is 3.16. The number of hydrogen-bond donors (Lipinski definition) is 5. The Bertz CT molecular complexity index is 1280. The first-order chi connectivity index (χ1) is 15.7. The highest BCUT2D eigenvalue weighted by molar-refractivity contribution is 6.31. The zero-order chi connectivity index (χ0) is 23.9. The van der Waals surface area contributed by atoms with Crippen molar-refractivity contribution in [3.8, 4) is 0 Å². The van der Waals surface area contributed by atoms with Gasteiger partial charge in [0.2, 0.25) is 5.91 Å². The number of hydrogen-bond acceptors (Lipinski definition) is 4. The molecule has 0 unspecified atom stereocenters. The number of nitrogens with one attached hydrogen (secondary N) is 2. The normalized spacial score (nSPS) is 15.9. The van der Waals surface area contributed by atoms with Gasteiger partial charge in [-0.15, -0.1) is 0 Å². The van der Waals surface area contributed by atoms with Crippen LogP contribution in [0.4, 0.5) is 5.69 Å². The van der Waals surface area contributed by atoms with Gasteiger partial charge >= 0.3 is 11.9 Å². The molecule has 0 aliphatic heterocycles. The molecule has 172 valence electrons. The molecule has 8 nitrogen and oxygen atoms in total. The van der Waals surface area contributed by atoms with E-state index in [0.717, 1.165) is 16.5 Å². The number of aromatic nitrogens is 1. The second kappa shape index (κ2) is 8.88. The van der Waals surface area contributed by atoms with Crippen LogP contribution in [0.25, 0.3) is 10.9 Å². The van der Waals surface area contributed by atoms with Gasteiger partial charge in [0, 0.05) is 34.6 Å². The quantitative estimate of drug-likeness (QED) is 0.350. The van der Waals surface area contributed by atoms with Gasteiger partial charge in [-0.3, -0.25) is 9.59 Å². The highest BCUT2D eigenvalue weighted by Gasteiger charge is 2.31. The Kier molecular flexibility index (Phi) is 6.14. The number of aliphatic carboxylic acids is 1. The molecule has 0 fully saturated rings. The third kappa shape index (κ3) is 4.31. The van der Waals surface area contributed by atoms with Crippen LogP contribution in [-0.4, -0.2) is 33.0 Å².